The van der Waals surface area contributed by atoms with Gasteiger partial charge in [0.15, 0.2) is 0 Å². The number of rotatable bonds is 6. The number of hydrogen-bond acceptors (Lipinski definition) is 5. The van der Waals surface area contributed by atoms with Crippen molar-refractivity contribution < 1.29 is 4.79 Å². The van der Waals surface area contributed by atoms with Crippen molar-refractivity contribution in [1.29, 1.82) is 0 Å². The van der Waals surface area contributed by atoms with Crippen LogP contribution in [0.15, 0.2) is 18.5 Å². The number of carbonyl (C=O) groups is 1. The lowest BCUT2D eigenvalue weighted by Gasteiger charge is -2.32. The second kappa shape index (κ2) is 9.13. The average Bonchev–Trinajstić information content (AvgIpc) is 2.66. The van der Waals surface area contributed by atoms with Crippen molar-refractivity contribution in [2.75, 3.05) is 44.2 Å². The minimum Gasteiger partial charge on any atom is -0.356 e. The summed E-state index contributed by atoms with van der Waals surface area (Å²) in [7, 11) is 0. The molecular weight excluding hydrogens is 314 g/mol. The first-order chi connectivity index (χ1) is 12.2. The van der Waals surface area contributed by atoms with Gasteiger partial charge in [-0.15, -0.1) is 0 Å². The first-order valence-corrected chi connectivity index (χ1v) is 9.74. The molecule has 0 aromatic carbocycles. The van der Waals surface area contributed by atoms with E-state index in [1.807, 2.05) is 6.07 Å². The largest absolute Gasteiger partial charge is 0.356 e. The fourth-order valence-corrected chi connectivity index (χ4v) is 3.94. The first-order valence-electron chi connectivity index (χ1n) is 9.74. The number of nitrogens with one attached hydrogen (secondary N) is 1. The molecule has 0 radical (unpaired) electrons. The van der Waals surface area contributed by atoms with Crippen molar-refractivity contribution in [3.63, 3.8) is 0 Å². The second-order valence-electron chi connectivity index (χ2n) is 7.50. The molecule has 1 aromatic heterocycles. The Morgan fingerprint density at radius 3 is 2.68 bits per heavy atom. The Kier molecular flexibility index (Phi) is 6.62. The zero-order chi connectivity index (χ0) is 17.5. The Morgan fingerprint density at radius 1 is 1.20 bits per heavy atom. The van der Waals surface area contributed by atoms with Gasteiger partial charge in [-0.3, -0.25) is 4.79 Å². The summed E-state index contributed by atoms with van der Waals surface area (Å²) >= 11 is 0. The molecule has 0 spiro atoms. The summed E-state index contributed by atoms with van der Waals surface area (Å²) in [5, 5.41) is 3.14. The Morgan fingerprint density at radius 2 is 1.96 bits per heavy atom. The van der Waals surface area contributed by atoms with E-state index < -0.39 is 0 Å². The van der Waals surface area contributed by atoms with E-state index >= 15 is 0 Å². The van der Waals surface area contributed by atoms with Gasteiger partial charge in [-0.05, 0) is 57.2 Å². The number of hydrogen-bond donors (Lipinski definition) is 1. The van der Waals surface area contributed by atoms with Gasteiger partial charge >= 0.3 is 0 Å². The summed E-state index contributed by atoms with van der Waals surface area (Å²) in [5.74, 6) is 1.95. The number of piperidine rings is 2. The summed E-state index contributed by atoms with van der Waals surface area (Å²) in [6, 6.07) is 1.83. The SMILES string of the molecule is CC1CCCN(CCCNC(=O)C2CCN(c3ncccn3)CC2)C1. The summed E-state index contributed by atoms with van der Waals surface area (Å²) in [5.41, 5.74) is 0. The molecule has 6 heteroatoms. The monoisotopic (exact) mass is 345 g/mol. The van der Waals surface area contributed by atoms with E-state index in [1.54, 1.807) is 12.4 Å². The number of amides is 1. The molecule has 1 amide bonds. The molecule has 25 heavy (non-hydrogen) atoms. The van der Waals surface area contributed by atoms with Gasteiger partial charge in [0.05, 0.1) is 0 Å². The van der Waals surface area contributed by atoms with E-state index in [-0.39, 0.29) is 11.8 Å². The van der Waals surface area contributed by atoms with E-state index in [4.69, 9.17) is 0 Å². The summed E-state index contributed by atoms with van der Waals surface area (Å²) < 4.78 is 0. The summed E-state index contributed by atoms with van der Waals surface area (Å²) in [6.45, 7) is 8.38. The summed E-state index contributed by atoms with van der Waals surface area (Å²) in [4.78, 5) is 25.7. The molecule has 3 rings (SSSR count). The van der Waals surface area contributed by atoms with Gasteiger partial charge in [-0.2, -0.15) is 0 Å². The molecule has 1 unspecified atom stereocenters. The number of aromatic nitrogens is 2. The maximum atomic E-state index is 12.4. The standard InChI is InChI=1S/C19H31N5O/c1-16-5-2-11-23(15-16)12-4-10-20-18(25)17-6-13-24(14-7-17)19-21-8-3-9-22-19/h3,8-9,16-17H,2,4-7,10-15H2,1H3,(H,20,25). The third kappa shape index (κ3) is 5.39. The predicted molar refractivity (Wildman–Crippen MR) is 99.4 cm³/mol. The van der Waals surface area contributed by atoms with Crippen LogP contribution < -0.4 is 10.2 Å². The Labute approximate surface area is 151 Å². The third-order valence-corrected chi connectivity index (χ3v) is 5.39. The van der Waals surface area contributed by atoms with Crippen molar-refractivity contribution >= 4 is 11.9 Å². The van der Waals surface area contributed by atoms with Crippen molar-refractivity contribution in [2.24, 2.45) is 11.8 Å². The van der Waals surface area contributed by atoms with Crippen LogP contribution in [-0.2, 0) is 4.79 Å². The first kappa shape index (κ1) is 18.1. The highest BCUT2D eigenvalue weighted by Gasteiger charge is 2.25. The normalized spacial score (nSPS) is 22.8. The Balaban J connectivity index is 1.31. The predicted octanol–water partition coefficient (Wildman–Crippen LogP) is 1.93. The lowest BCUT2D eigenvalue weighted by molar-refractivity contribution is -0.125. The number of carbonyl (C=O) groups excluding carboxylic acids is 1. The van der Waals surface area contributed by atoms with Gasteiger partial charge in [0.2, 0.25) is 11.9 Å². The maximum Gasteiger partial charge on any atom is 0.225 e. The molecule has 1 N–H and O–H groups in total. The van der Waals surface area contributed by atoms with E-state index in [0.29, 0.717) is 0 Å². The van der Waals surface area contributed by atoms with Crippen molar-refractivity contribution in [1.82, 2.24) is 20.2 Å². The van der Waals surface area contributed by atoms with Crippen LogP contribution in [0.4, 0.5) is 5.95 Å². The zero-order valence-corrected chi connectivity index (χ0v) is 15.4. The topological polar surface area (TPSA) is 61.4 Å². The van der Waals surface area contributed by atoms with Crippen molar-refractivity contribution in [3.8, 4) is 0 Å². The van der Waals surface area contributed by atoms with Gasteiger partial charge in [0.1, 0.15) is 0 Å². The molecule has 2 saturated heterocycles. The molecule has 0 bridgehead atoms. The van der Waals surface area contributed by atoms with Crippen LogP contribution in [0.1, 0.15) is 39.0 Å². The van der Waals surface area contributed by atoms with Gasteiger partial charge in [0.25, 0.3) is 0 Å². The molecule has 2 aliphatic heterocycles. The molecule has 2 fully saturated rings. The zero-order valence-electron chi connectivity index (χ0n) is 15.4. The van der Waals surface area contributed by atoms with Crippen LogP contribution in [0, 0.1) is 11.8 Å². The van der Waals surface area contributed by atoms with E-state index in [0.717, 1.165) is 57.3 Å². The third-order valence-electron chi connectivity index (χ3n) is 5.39. The van der Waals surface area contributed by atoms with Crippen LogP contribution in [0.3, 0.4) is 0 Å². The van der Waals surface area contributed by atoms with Crippen LogP contribution in [0.25, 0.3) is 0 Å². The average molecular weight is 345 g/mol. The lowest BCUT2D eigenvalue weighted by atomic mass is 9.96. The van der Waals surface area contributed by atoms with Crippen LogP contribution >= 0.6 is 0 Å². The van der Waals surface area contributed by atoms with Crippen molar-refractivity contribution in [2.45, 2.75) is 39.0 Å². The van der Waals surface area contributed by atoms with Gasteiger partial charge < -0.3 is 15.1 Å². The van der Waals surface area contributed by atoms with E-state index in [1.165, 1.54) is 25.9 Å². The van der Waals surface area contributed by atoms with Gasteiger partial charge in [0, 0.05) is 44.5 Å². The molecule has 3 heterocycles. The number of likely N-dealkylation sites (tertiary alicyclic amines) is 1. The lowest BCUT2D eigenvalue weighted by Crippen LogP contribution is -2.42. The smallest absolute Gasteiger partial charge is 0.225 e. The highest BCUT2D eigenvalue weighted by atomic mass is 16.1. The maximum absolute atomic E-state index is 12.4. The highest BCUT2D eigenvalue weighted by molar-refractivity contribution is 5.78. The Bertz CT molecular complexity index is 530. The Hall–Kier alpha value is -1.69. The van der Waals surface area contributed by atoms with Crippen LogP contribution in [-0.4, -0.2) is 60.0 Å². The fourth-order valence-electron chi connectivity index (χ4n) is 3.94. The van der Waals surface area contributed by atoms with Crippen LogP contribution in [0.5, 0.6) is 0 Å². The van der Waals surface area contributed by atoms with E-state index in [2.05, 4.69) is 32.0 Å². The molecule has 1 atom stereocenters. The molecule has 0 aliphatic carbocycles. The molecule has 1 aromatic rings. The van der Waals surface area contributed by atoms with Gasteiger partial charge in [-0.25, -0.2) is 9.97 Å². The minimum absolute atomic E-state index is 0.134. The molecule has 138 valence electrons. The molecule has 2 aliphatic rings. The fraction of sp³-hybridized carbons (Fsp3) is 0.737. The molecule has 6 nitrogen and oxygen atoms in total. The number of anilines is 1. The van der Waals surface area contributed by atoms with Crippen molar-refractivity contribution in [3.05, 3.63) is 18.5 Å². The quantitative estimate of drug-likeness (QED) is 0.798. The van der Waals surface area contributed by atoms with Crippen LogP contribution in [0.2, 0.25) is 0 Å². The summed E-state index contributed by atoms with van der Waals surface area (Å²) in [6.07, 6.45) is 9.03. The second-order valence-corrected chi connectivity index (χ2v) is 7.50. The highest BCUT2D eigenvalue weighted by Crippen LogP contribution is 2.20. The molecule has 0 saturated carbocycles. The van der Waals surface area contributed by atoms with Gasteiger partial charge in [-0.1, -0.05) is 6.92 Å². The minimum atomic E-state index is 0.134. The number of nitrogens with zero attached hydrogens (tertiary/aromatic N) is 4. The molecular formula is C19H31N5O. The van der Waals surface area contributed by atoms with E-state index in [9.17, 15) is 4.79 Å².